The lowest BCUT2D eigenvalue weighted by atomic mass is 9.45. The molecule has 3 fully saturated rings. The molecule has 38 nitrogen and oxygen atoms in total. The van der Waals surface area contributed by atoms with Crippen molar-refractivity contribution in [2.75, 3.05) is 63.9 Å². The Morgan fingerprint density at radius 1 is 0.492 bits per heavy atom. The highest BCUT2D eigenvalue weighted by Crippen LogP contribution is 2.67. The number of thioether (sulfide) groups is 1. The molecule has 4 rings (SSSR count). The molecule has 0 spiro atoms. The maximum absolute atomic E-state index is 15.1. The van der Waals surface area contributed by atoms with Crippen molar-refractivity contribution in [1.82, 2.24) is 0 Å². The standard InChI is InChI=1S/C76H130N22O14S.C2HF3O2/c1-43(41-113-42-64(109)112-40-63(108)76(111)23-21-54-53-19-18-51-38-52(99)20-22-74(51,2)65(53)62(107)39-75(54,76)3)55(100)31-44(11-4-24-92-67(78)79)56(101)32-45(12-5-25-93-68(80)81)57(102)33-46(13-6-26-94-69(82)83)58(103)34-47(14-7-27-95-70(84)85)59(104)35-48(15-8-28-96-71(86)87)60(105)36-49(16-9-29-97-72(88)89)61(106)37-50(66(77)110)17-10-30-98-73(90)91;3-2(4,5)1(6)7/h38,43-50,53-54,62,65,107,111H,4-37,39-42H2,1-3H3,(H2,77,110)(H4,78,79,92)(H4,80,81,93)(H4,82,83,94)(H4,84,85,95)(H4,86,87,96)(H4,88,89,97)(H4,90,91,98);(H,6,7)/t43-,44-,45-,46-,47-,48-,49-,50-,53-,54-,62-,65+,74-,75-,76-;/m0./s1. The number of hydrogen-bond donors (Lipinski definition) is 18. The van der Waals surface area contributed by atoms with Crippen molar-refractivity contribution in [3.8, 4) is 0 Å². The summed E-state index contributed by atoms with van der Waals surface area (Å²) in [5, 5.41) is 31.3. The summed E-state index contributed by atoms with van der Waals surface area (Å²) in [7, 11) is 0. The Morgan fingerprint density at radius 2 is 0.800 bits per heavy atom. The number of rotatable bonds is 57. The number of amides is 1. The Morgan fingerprint density at radius 3 is 1.11 bits per heavy atom. The monoisotopic (exact) mass is 1720 g/mol. The van der Waals surface area contributed by atoms with Crippen molar-refractivity contribution in [1.29, 1.82) is 0 Å². The van der Waals surface area contributed by atoms with Crippen LogP contribution in [0.1, 0.15) is 201 Å². The van der Waals surface area contributed by atoms with Gasteiger partial charge in [0.05, 0.1) is 11.9 Å². The molecule has 4 aliphatic carbocycles. The fourth-order valence-corrected chi connectivity index (χ4v) is 18.1. The number of halogens is 3. The quantitative estimate of drug-likeness (QED) is 0.0168. The molecular formula is C78H131F3N22O16S. The second kappa shape index (κ2) is 51.0. The van der Waals surface area contributed by atoms with Crippen LogP contribution in [0.25, 0.3) is 0 Å². The van der Waals surface area contributed by atoms with Gasteiger partial charge in [0, 0.05) is 156 Å². The van der Waals surface area contributed by atoms with Gasteiger partial charge in [0.1, 0.15) is 46.1 Å². The lowest BCUT2D eigenvalue weighted by Gasteiger charge is -2.60. The fraction of sp³-hybridized carbons (Fsp3) is 0.731. The van der Waals surface area contributed by atoms with Gasteiger partial charge >= 0.3 is 18.1 Å². The summed E-state index contributed by atoms with van der Waals surface area (Å²) in [5.74, 6) is -17.6. The molecule has 676 valence electrons. The number of ketones is 9. The number of nitrogens with zero attached hydrogens (tertiary/aromatic N) is 7. The second-order valence-corrected chi connectivity index (χ2v) is 33.4. The van der Waals surface area contributed by atoms with E-state index in [1.54, 1.807) is 13.0 Å². The highest BCUT2D eigenvalue weighted by Gasteiger charge is 2.68. The number of hydrogen-bond acceptors (Lipinski definition) is 23. The molecule has 0 unspecified atom stereocenters. The zero-order valence-corrected chi connectivity index (χ0v) is 70.2. The summed E-state index contributed by atoms with van der Waals surface area (Å²) >= 11 is 1.08. The van der Waals surface area contributed by atoms with Gasteiger partial charge in [-0.05, 0) is 158 Å². The minimum Gasteiger partial charge on any atom is -0.475 e. The second-order valence-electron chi connectivity index (χ2n) is 32.4. The first-order valence-electron chi connectivity index (χ1n) is 40.7. The number of guanidine groups is 7. The molecule has 3 saturated carbocycles. The van der Waals surface area contributed by atoms with Crippen LogP contribution >= 0.6 is 11.8 Å². The molecule has 0 heterocycles. The van der Waals surface area contributed by atoms with Crippen molar-refractivity contribution < 1.29 is 90.8 Å². The normalized spacial score (nSPS) is 21.6. The van der Waals surface area contributed by atoms with Gasteiger partial charge in [-0.1, -0.05) is 26.3 Å². The van der Waals surface area contributed by atoms with E-state index in [2.05, 4.69) is 41.9 Å². The predicted octanol–water partition coefficient (Wildman–Crippen LogP) is 0.223. The highest BCUT2D eigenvalue weighted by molar-refractivity contribution is 7.99. The van der Waals surface area contributed by atoms with E-state index in [0.29, 0.717) is 32.1 Å². The molecule has 0 bridgehead atoms. The number of primary amides is 1. The van der Waals surface area contributed by atoms with Crippen LogP contribution in [-0.2, 0) is 62.3 Å². The van der Waals surface area contributed by atoms with Crippen LogP contribution in [0.5, 0.6) is 0 Å². The van der Waals surface area contributed by atoms with Crippen LogP contribution in [0.15, 0.2) is 46.6 Å². The van der Waals surface area contributed by atoms with Crippen LogP contribution in [0, 0.1) is 75.9 Å². The maximum atomic E-state index is 15.1. The van der Waals surface area contributed by atoms with Crippen LogP contribution < -0.4 is 86.0 Å². The number of aliphatic hydroxyl groups is 2. The first-order valence-corrected chi connectivity index (χ1v) is 41.9. The number of esters is 1. The van der Waals surface area contributed by atoms with Gasteiger partial charge in [-0.15, -0.1) is 11.8 Å². The average Bonchev–Trinajstić information content (AvgIpc) is 1.47. The van der Waals surface area contributed by atoms with Crippen LogP contribution in [0.2, 0.25) is 0 Å². The molecule has 0 aromatic heterocycles. The van der Waals surface area contributed by atoms with Gasteiger partial charge in [-0.25, -0.2) is 4.79 Å². The van der Waals surface area contributed by atoms with E-state index in [-0.39, 0.29) is 256 Å². The number of ether oxygens (including phenoxy) is 1. The number of carboxylic acids is 1. The van der Waals surface area contributed by atoms with Crippen LogP contribution in [0.3, 0.4) is 0 Å². The number of carboxylic acid groups (broad SMARTS) is 1. The van der Waals surface area contributed by atoms with Gasteiger partial charge < -0.3 is 106 Å². The molecule has 4 aliphatic rings. The first kappa shape index (κ1) is 104. The van der Waals surface area contributed by atoms with E-state index in [1.165, 1.54) is 0 Å². The van der Waals surface area contributed by atoms with E-state index in [4.69, 9.17) is 101 Å². The van der Waals surface area contributed by atoms with E-state index in [0.717, 1.165) is 23.8 Å². The Labute approximate surface area is 702 Å². The molecule has 0 saturated heterocycles. The molecule has 120 heavy (non-hydrogen) atoms. The average molecular weight is 1720 g/mol. The predicted molar refractivity (Wildman–Crippen MR) is 450 cm³/mol. The fourth-order valence-electron chi connectivity index (χ4n) is 17.2. The molecule has 0 aliphatic heterocycles. The minimum atomic E-state index is -5.08. The van der Waals surface area contributed by atoms with Gasteiger partial charge in [0.25, 0.3) is 0 Å². The van der Waals surface area contributed by atoms with Gasteiger partial charge in [-0.2, -0.15) is 13.2 Å². The van der Waals surface area contributed by atoms with Crippen molar-refractivity contribution in [3.05, 3.63) is 11.6 Å². The van der Waals surface area contributed by atoms with Crippen molar-refractivity contribution >= 4 is 123 Å². The van der Waals surface area contributed by atoms with Gasteiger partial charge in [-0.3, -0.25) is 87.7 Å². The smallest absolute Gasteiger partial charge is 0.475 e. The third-order valence-corrected chi connectivity index (χ3v) is 24.7. The Balaban J connectivity index is 0.00000507. The molecule has 0 aromatic carbocycles. The van der Waals surface area contributed by atoms with Crippen LogP contribution in [-0.4, -0.2) is 209 Å². The number of aliphatic hydroxyl groups excluding tert-OH is 1. The van der Waals surface area contributed by atoms with Gasteiger partial charge in [0.15, 0.2) is 54.1 Å². The number of carbonyl (C=O) groups is 12. The number of alkyl halides is 3. The number of allylic oxidation sites excluding steroid dienone is 1. The first-order chi connectivity index (χ1) is 56.2. The number of fused-ring (bicyclic) bond motifs is 5. The molecule has 0 aromatic rings. The summed E-state index contributed by atoms with van der Waals surface area (Å²) < 4.78 is 37.2. The molecule has 42 heteroatoms. The van der Waals surface area contributed by atoms with Crippen molar-refractivity contribution in [3.63, 3.8) is 0 Å². The van der Waals surface area contributed by atoms with E-state index >= 15 is 14.4 Å². The van der Waals surface area contributed by atoms with Crippen molar-refractivity contribution in [2.24, 2.45) is 197 Å². The van der Waals surface area contributed by atoms with E-state index < -0.39 is 155 Å². The summed E-state index contributed by atoms with van der Waals surface area (Å²) in [4.78, 5) is 193. The van der Waals surface area contributed by atoms with Crippen molar-refractivity contribution in [2.45, 2.75) is 218 Å². The summed E-state index contributed by atoms with van der Waals surface area (Å²) in [6.07, 6.45) is -1.17. The zero-order chi connectivity index (χ0) is 90.4. The van der Waals surface area contributed by atoms with E-state index in [1.807, 2.05) is 6.92 Å². The topological polar surface area (TPSA) is 752 Å². The minimum absolute atomic E-state index is 0.0154. The summed E-state index contributed by atoms with van der Waals surface area (Å²) in [5.41, 5.74) is 82.4. The molecule has 1 amide bonds. The number of carbonyl (C=O) groups excluding carboxylic acids is 11. The lowest BCUT2D eigenvalue weighted by Crippen LogP contribution is -2.62. The van der Waals surface area contributed by atoms with E-state index in [9.17, 15) is 61.7 Å². The third kappa shape index (κ3) is 35.4. The molecular weight excluding hydrogens is 1590 g/mol. The number of Topliss-reactive ketones (excluding diaryl/α,β-unsaturated/α-hetero) is 8. The molecule has 15 atom stereocenters. The maximum Gasteiger partial charge on any atom is 0.490 e. The Kier molecular flexibility index (Phi) is 44.4. The zero-order valence-electron chi connectivity index (χ0n) is 69.4. The highest BCUT2D eigenvalue weighted by atomic mass is 32.2. The third-order valence-electron chi connectivity index (χ3n) is 23.6. The summed E-state index contributed by atoms with van der Waals surface area (Å²) in [6, 6.07) is 0. The van der Waals surface area contributed by atoms with Gasteiger partial charge in [0.2, 0.25) is 11.7 Å². The number of nitrogens with two attached hydrogens (primary N) is 15. The molecule has 0 radical (unpaired) electrons. The van der Waals surface area contributed by atoms with Crippen LogP contribution in [0.4, 0.5) is 13.2 Å². The number of aliphatic carboxylic acids is 1. The largest absolute Gasteiger partial charge is 0.490 e. The number of aliphatic imine (C=N–C) groups is 7. The Hall–Kier alpha value is -9.87. The molecule has 33 N–H and O–H groups in total. The Bertz CT molecular complexity index is 3760. The SMILES string of the molecule is C[C@@H](CSCC(=O)OCC(=O)[C@@]1(O)CC[C@H]2[C@@H]3CCC4=CC(=O)CC[C@]4(C)[C@H]3[C@@H](O)C[C@@]21C)C(=O)C[C@H](CCCN=C(N)N)C(=O)C[C@H](CCCN=C(N)N)C(=O)C[C@H](CCCN=C(N)N)C(=O)C[C@H](CCCN=C(N)N)C(=O)C[C@H](CCCN=C(N)N)C(=O)C[C@H](CCCN=C(N)N)C(=O)C[C@H](CCCN=C(N)N)C(N)=O.O=C(O)C(F)(F)F. The lowest BCUT2D eigenvalue weighted by molar-refractivity contribution is -0.192. The summed E-state index contributed by atoms with van der Waals surface area (Å²) in [6.45, 7) is 5.54.